The maximum absolute atomic E-state index is 9.40. The smallest absolute Gasteiger partial charge is 0.122 e. The summed E-state index contributed by atoms with van der Waals surface area (Å²) in [6, 6.07) is 0. The predicted molar refractivity (Wildman–Crippen MR) is 62.9 cm³/mol. The van der Waals surface area contributed by atoms with E-state index in [0.29, 0.717) is 0 Å². The first-order valence-corrected chi connectivity index (χ1v) is 5.92. The number of rotatable bonds is 3. The number of aliphatic hydroxyl groups is 1. The van der Waals surface area contributed by atoms with Gasteiger partial charge in [-0.05, 0) is 19.4 Å². The number of hydrogen-bond acceptors (Lipinski definition) is 3. The van der Waals surface area contributed by atoms with Gasteiger partial charge in [-0.15, -0.1) is 0 Å². The molecule has 0 radical (unpaired) electrons. The molecule has 1 aromatic heterocycles. The van der Waals surface area contributed by atoms with Gasteiger partial charge in [0.25, 0.3) is 0 Å². The predicted octanol–water partition coefficient (Wildman–Crippen LogP) is 1.01. The van der Waals surface area contributed by atoms with Gasteiger partial charge in [0.05, 0.1) is 6.54 Å². The van der Waals surface area contributed by atoms with Crippen LogP contribution in [0.15, 0.2) is 12.4 Å². The van der Waals surface area contributed by atoms with Gasteiger partial charge in [0.1, 0.15) is 5.82 Å². The monoisotopic (exact) mass is 223 g/mol. The van der Waals surface area contributed by atoms with Crippen LogP contribution in [0.3, 0.4) is 0 Å². The maximum Gasteiger partial charge on any atom is 0.122 e. The fourth-order valence-electron chi connectivity index (χ4n) is 2.44. The Morgan fingerprint density at radius 3 is 3.00 bits per heavy atom. The molecule has 16 heavy (non-hydrogen) atoms. The Morgan fingerprint density at radius 1 is 1.56 bits per heavy atom. The summed E-state index contributed by atoms with van der Waals surface area (Å²) < 4.78 is 2.06. The van der Waals surface area contributed by atoms with Crippen LogP contribution in [0.2, 0.25) is 0 Å². The second-order valence-electron chi connectivity index (χ2n) is 5.24. The molecule has 2 rings (SSSR count). The van der Waals surface area contributed by atoms with E-state index >= 15 is 0 Å². The van der Waals surface area contributed by atoms with Gasteiger partial charge in [-0.25, -0.2) is 4.98 Å². The van der Waals surface area contributed by atoms with Gasteiger partial charge in [-0.3, -0.25) is 4.90 Å². The molecule has 1 aliphatic heterocycles. The first-order valence-electron chi connectivity index (χ1n) is 5.92. The van der Waals surface area contributed by atoms with Gasteiger partial charge < -0.3 is 9.67 Å². The van der Waals surface area contributed by atoms with Crippen molar-refractivity contribution in [1.29, 1.82) is 0 Å². The normalized spacial score (nSPS) is 27.2. The summed E-state index contributed by atoms with van der Waals surface area (Å²) >= 11 is 0. The van der Waals surface area contributed by atoms with Crippen LogP contribution in [0.1, 0.15) is 25.6 Å². The highest BCUT2D eigenvalue weighted by molar-refractivity contribution is 4.93. The van der Waals surface area contributed by atoms with E-state index in [9.17, 15) is 5.11 Å². The number of imidazole rings is 1. The SMILES string of the molecule is Cn1ccnc1CN1CCCC(C)(CO)C1. The third kappa shape index (κ3) is 2.44. The highest BCUT2D eigenvalue weighted by Gasteiger charge is 2.30. The number of aromatic nitrogens is 2. The lowest BCUT2D eigenvalue weighted by Gasteiger charge is -2.39. The van der Waals surface area contributed by atoms with Gasteiger partial charge >= 0.3 is 0 Å². The van der Waals surface area contributed by atoms with Crippen LogP contribution in [-0.2, 0) is 13.6 Å². The molecule has 1 fully saturated rings. The van der Waals surface area contributed by atoms with Gasteiger partial charge in [0.15, 0.2) is 0 Å². The average molecular weight is 223 g/mol. The van der Waals surface area contributed by atoms with E-state index in [2.05, 4.69) is 21.4 Å². The molecule has 0 aromatic carbocycles. The molecule has 0 amide bonds. The molecule has 1 saturated heterocycles. The number of nitrogens with zero attached hydrogens (tertiary/aromatic N) is 3. The molecule has 0 bridgehead atoms. The Balaban J connectivity index is 1.98. The second kappa shape index (κ2) is 4.55. The van der Waals surface area contributed by atoms with Gasteiger partial charge in [-0.2, -0.15) is 0 Å². The molecule has 90 valence electrons. The fourth-order valence-corrected chi connectivity index (χ4v) is 2.44. The van der Waals surface area contributed by atoms with E-state index < -0.39 is 0 Å². The van der Waals surface area contributed by atoms with Crippen LogP contribution in [0, 0.1) is 5.41 Å². The van der Waals surface area contributed by atoms with E-state index in [-0.39, 0.29) is 12.0 Å². The second-order valence-corrected chi connectivity index (χ2v) is 5.24. The summed E-state index contributed by atoms with van der Waals surface area (Å²) in [7, 11) is 2.03. The molecule has 2 heterocycles. The molecular formula is C12H21N3O. The highest BCUT2D eigenvalue weighted by atomic mass is 16.3. The van der Waals surface area contributed by atoms with Crippen molar-refractivity contribution in [1.82, 2.24) is 14.5 Å². The lowest BCUT2D eigenvalue weighted by molar-refractivity contribution is 0.0414. The molecule has 1 N–H and O–H groups in total. The maximum atomic E-state index is 9.40. The van der Waals surface area contributed by atoms with Crippen molar-refractivity contribution in [2.24, 2.45) is 12.5 Å². The molecule has 1 atom stereocenters. The van der Waals surface area contributed by atoms with Crippen LogP contribution < -0.4 is 0 Å². The number of likely N-dealkylation sites (tertiary alicyclic amines) is 1. The minimum Gasteiger partial charge on any atom is -0.396 e. The fraction of sp³-hybridized carbons (Fsp3) is 0.750. The number of aliphatic hydroxyl groups excluding tert-OH is 1. The van der Waals surface area contributed by atoms with Gasteiger partial charge in [0, 0.05) is 38.0 Å². The zero-order valence-corrected chi connectivity index (χ0v) is 10.2. The molecule has 0 aliphatic carbocycles. The van der Waals surface area contributed by atoms with Crippen LogP contribution in [0.4, 0.5) is 0 Å². The Morgan fingerprint density at radius 2 is 2.38 bits per heavy atom. The van der Waals surface area contributed by atoms with Crippen molar-refractivity contribution in [2.75, 3.05) is 19.7 Å². The van der Waals surface area contributed by atoms with Crippen molar-refractivity contribution >= 4 is 0 Å². The van der Waals surface area contributed by atoms with Gasteiger partial charge in [-0.1, -0.05) is 6.92 Å². The van der Waals surface area contributed by atoms with Crippen molar-refractivity contribution in [3.8, 4) is 0 Å². The summed E-state index contributed by atoms with van der Waals surface area (Å²) in [5.74, 6) is 1.10. The largest absolute Gasteiger partial charge is 0.396 e. The third-order valence-corrected chi connectivity index (χ3v) is 3.53. The third-order valence-electron chi connectivity index (χ3n) is 3.53. The van der Waals surface area contributed by atoms with Gasteiger partial charge in [0.2, 0.25) is 0 Å². The van der Waals surface area contributed by atoms with Crippen molar-refractivity contribution in [2.45, 2.75) is 26.3 Å². The Labute approximate surface area is 96.9 Å². The first kappa shape index (κ1) is 11.6. The van der Waals surface area contributed by atoms with Crippen molar-refractivity contribution in [3.63, 3.8) is 0 Å². The Bertz CT molecular complexity index is 350. The zero-order valence-electron chi connectivity index (χ0n) is 10.2. The molecule has 0 saturated carbocycles. The summed E-state index contributed by atoms with van der Waals surface area (Å²) in [5.41, 5.74) is 0.0728. The highest BCUT2D eigenvalue weighted by Crippen LogP contribution is 2.29. The zero-order chi connectivity index (χ0) is 11.6. The van der Waals surface area contributed by atoms with E-state index in [0.717, 1.165) is 31.9 Å². The van der Waals surface area contributed by atoms with Crippen LogP contribution in [0.5, 0.6) is 0 Å². The van der Waals surface area contributed by atoms with Crippen LogP contribution in [-0.4, -0.2) is 39.3 Å². The number of hydrogen-bond donors (Lipinski definition) is 1. The van der Waals surface area contributed by atoms with Crippen molar-refractivity contribution in [3.05, 3.63) is 18.2 Å². The summed E-state index contributed by atoms with van der Waals surface area (Å²) in [4.78, 5) is 6.73. The van der Waals surface area contributed by atoms with E-state index in [1.165, 1.54) is 6.42 Å². The number of aryl methyl sites for hydroxylation is 1. The minimum absolute atomic E-state index is 0.0728. The van der Waals surface area contributed by atoms with E-state index in [1.54, 1.807) is 0 Å². The van der Waals surface area contributed by atoms with E-state index in [4.69, 9.17) is 0 Å². The molecule has 0 spiro atoms. The summed E-state index contributed by atoms with van der Waals surface area (Å²) in [6.07, 6.45) is 6.11. The summed E-state index contributed by atoms with van der Waals surface area (Å²) in [5, 5.41) is 9.40. The topological polar surface area (TPSA) is 41.3 Å². The molecule has 1 aliphatic rings. The standard InChI is InChI=1S/C12H21N3O/c1-12(10-16)4-3-6-15(9-12)8-11-13-5-7-14(11)2/h5,7,16H,3-4,6,8-10H2,1-2H3. The minimum atomic E-state index is 0.0728. The first-order chi connectivity index (χ1) is 7.63. The number of piperidine rings is 1. The lowest BCUT2D eigenvalue weighted by atomic mass is 9.83. The lowest BCUT2D eigenvalue weighted by Crippen LogP contribution is -2.43. The Hall–Kier alpha value is -0.870. The van der Waals surface area contributed by atoms with Crippen LogP contribution in [0.25, 0.3) is 0 Å². The Kier molecular flexibility index (Phi) is 3.30. The quantitative estimate of drug-likeness (QED) is 0.831. The van der Waals surface area contributed by atoms with E-state index in [1.807, 2.05) is 19.4 Å². The molecule has 1 unspecified atom stereocenters. The molecule has 4 heteroatoms. The summed E-state index contributed by atoms with van der Waals surface area (Å²) in [6.45, 7) is 5.42. The molecule has 1 aromatic rings. The molecular weight excluding hydrogens is 202 g/mol. The van der Waals surface area contributed by atoms with Crippen molar-refractivity contribution < 1.29 is 5.11 Å². The average Bonchev–Trinajstić information content (AvgIpc) is 2.65. The molecule has 4 nitrogen and oxygen atoms in total. The van der Waals surface area contributed by atoms with Crippen LogP contribution >= 0.6 is 0 Å².